The second-order valence-electron chi connectivity index (χ2n) is 5.29. The number of nitrogens with zero attached hydrogens (tertiary/aromatic N) is 3. The lowest BCUT2D eigenvalue weighted by molar-refractivity contribution is 0.249. The summed E-state index contributed by atoms with van der Waals surface area (Å²) >= 11 is 1.71. The van der Waals surface area contributed by atoms with Crippen LogP contribution in [-0.4, -0.2) is 42.3 Å². The van der Waals surface area contributed by atoms with Gasteiger partial charge in [-0.1, -0.05) is 11.2 Å². The molecule has 3 fully saturated rings. The molecule has 0 unspecified atom stereocenters. The van der Waals surface area contributed by atoms with Gasteiger partial charge in [0.25, 0.3) is 0 Å². The van der Waals surface area contributed by atoms with Crippen LogP contribution >= 0.6 is 11.3 Å². The van der Waals surface area contributed by atoms with Gasteiger partial charge in [0.1, 0.15) is 5.69 Å². The zero-order valence-corrected chi connectivity index (χ0v) is 11.6. The molecule has 0 aliphatic carbocycles. The van der Waals surface area contributed by atoms with Gasteiger partial charge >= 0.3 is 0 Å². The molecule has 0 saturated carbocycles. The molecule has 19 heavy (non-hydrogen) atoms. The van der Waals surface area contributed by atoms with E-state index in [4.69, 9.17) is 4.52 Å². The van der Waals surface area contributed by atoms with Crippen molar-refractivity contribution in [3.8, 4) is 10.6 Å². The van der Waals surface area contributed by atoms with Crippen molar-refractivity contribution in [3.05, 3.63) is 23.6 Å². The van der Waals surface area contributed by atoms with Crippen LogP contribution in [0.15, 0.2) is 28.1 Å². The van der Waals surface area contributed by atoms with Crippen LogP contribution in [0.25, 0.3) is 10.6 Å². The topological polar surface area (TPSA) is 32.5 Å². The van der Waals surface area contributed by atoms with E-state index in [1.165, 1.54) is 30.8 Å². The SMILES string of the molecule is c1csc(-c2cc(N3CCN4CCC3CC4)on2)c1. The zero-order chi connectivity index (χ0) is 12.7. The molecule has 4 nitrogen and oxygen atoms in total. The Balaban J connectivity index is 1.62. The molecule has 2 bridgehead atoms. The van der Waals surface area contributed by atoms with Crippen LogP contribution in [-0.2, 0) is 0 Å². The number of anilines is 1. The molecule has 0 amide bonds. The molecule has 0 atom stereocenters. The predicted molar refractivity (Wildman–Crippen MR) is 76.6 cm³/mol. The highest BCUT2D eigenvalue weighted by Gasteiger charge is 2.31. The fourth-order valence-electron chi connectivity index (χ4n) is 3.12. The summed E-state index contributed by atoms with van der Waals surface area (Å²) in [5.41, 5.74) is 0.962. The maximum Gasteiger partial charge on any atom is 0.228 e. The quantitative estimate of drug-likeness (QED) is 0.843. The summed E-state index contributed by atoms with van der Waals surface area (Å²) in [5.74, 6) is 0.942. The van der Waals surface area contributed by atoms with Crippen LogP contribution in [0.4, 0.5) is 5.88 Å². The van der Waals surface area contributed by atoms with Crippen molar-refractivity contribution < 1.29 is 4.52 Å². The molecule has 3 aliphatic heterocycles. The van der Waals surface area contributed by atoms with Gasteiger partial charge in [0, 0.05) is 38.3 Å². The van der Waals surface area contributed by atoms with Crippen molar-refractivity contribution in [2.75, 3.05) is 31.1 Å². The molecule has 5 heterocycles. The molecule has 5 heteroatoms. The Morgan fingerprint density at radius 1 is 1.21 bits per heavy atom. The van der Waals surface area contributed by atoms with Crippen LogP contribution in [0.2, 0.25) is 0 Å². The number of hydrogen-bond acceptors (Lipinski definition) is 5. The number of hydrogen-bond donors (Lipinski definition) is 0. The zero-order valence-electron chi connectivity index (χ0n) is 10.8. The lowest BCUT2D eigenvalue weighted by atomic mass is 10.1. The molecule has 0 aromatic carbocycles. The second kappa shape index (κ2) is 4.65. The van der Waals surface area contributed by atoms with Crippen LogP contribution in [0.1, 0.15) is 12.8 Å². The number of fused-ring (bicyclic) bond motifs is 4. The van der Waals surface area contributed by atoms with Crippen LogP contribution in [0, 0.1) is 0 Å². The third-order valence-electron chi connectivity index (χ3n) is 4.21. The van der Waals surface area contributed by atoms with E-state index in [0.29, 0.717) is 6.04 Å². The summed E-state index contributed by atoms with van der Waals surface area (Å²) in [6.45, 7) is 4.66. The van der Waals surface area contributed by atoms with E-state index >= 15 is 0 Å². The molecular formula is C14H17N3OS. The van der Waals surface area contributed by atoms with Crippen LogP contribution < -0.4 is 4.90 Å². The summed E-state index contributed by atoms with van der Waals surface area (Å²) < 4.78 is 5.60. The molecule has 100 valence electrons. The molecule has 2 aromatic rings. The van der Waals surface area contributed by atoms with Gasteiger partial charge in [-0.15, -0.1) is 11.3 Å². The van der Waals surface area contributed by atoms with E-state index in [1.807, 2.05) is 0 Å². The molecule has 5 rings (SSSR count). The van der Waals surface area contributed by atoms with Crippen LogP contribution in [0.3, 0.4) is 0 Å². The van der Waals surface area contributed by atoms with Gasteiger partial charge in [0.15, 0.2) is 0 Å². The van der Waals surface area contributed by atoms with Gasteiger partial charge in [-0.05, 0) is 24.3 Å². The summed E-state index contributed by atoms with van der Waals surface area (Å²) in [6.07, 6.45) is 2.49. The Bertz CT molecular complexity index is 543. The molecule has 0 N–H and O–H groups in total. The average molecular weight is 275 g/mol. The first-order valence-electron chi connectivity index (χ1n) is 6.90. The highest BCUT2D eigenvalue weighted by Crippen LogP contribution is 2.31. The summed E-state index contributed by atoms with van der Waals surface area (Å²) in [7, 11) is 0. The van der Waals surface area contributed by atoms with E-state index in [2.05, 4.69) is 38.5 Å². The first kappa shape index (κ1) is 11.5. The number of thiophene rings is 1. The Morgan fingerprint density at radius 2 is 2.11 bits per heavy atom. The molecule has 3 saturated heterocycles. The minimum Gasteiger partial charge on any atom is -0.338 e. The van der Waals surface area contributed by atoms with Gasteiger partial charge in [-0.25, -0.2) is 0 Å². The number of rotatable bonds is 2. The number of piperidine rings is 1. The number of aromatic nitrogens is 1. The van der Waals surface area contributed by atoms with Gasteiger partial charge in [-0.2, -0.15) is 0 Å². The average Bonchev–Trinajstić information content (AvgIpc) is 3.05. The summed E-state index contributed by atoms with van der Waals surface area (Å²) in [5, 5.41) is 6.30. The van der Waals surface area contributed by atoms with Crippen LogP contribution in [0.5, 0.6) is 0 Å². The van der Waals surface area contributed by atoms with Crippen molar-refractivity contribution in [2.45, 2.75) is 18.9 Å². The van der Waals surface area contributed by atoms with Crippen molar-refractivity contribution in [1.29, 1.82) is 0 Å². The Hall–Kier alpha value is -1.33. The third kappa shape index (κ3) is 2.07. The van der Waals surface area contributed by atoms with E-state index < -0.39 is 0 Å². The fourth-order valence-corrected chi connectivity index (χ4v) is 3.80. The standard InChI is InChI=1S/C14H17N3OS/c1-2-13(19-9-1)12-10-14(18-15-12)17-8-7-16-5-3-11(17)4-6-16/h1-2,9-11H,3-8H2. The molecular weight excluding hydrogens is 258 g/mol. The largest absolute Gasteiger partial charge is 0.338 e. The van der Waals surface area contributed by atoms with Gasteiger partial charge < -0.3 is 14.3 Å². The molecule has 0 spiro atoms. The lowest BCUT2D eigenvalue weighted by Gasteiger charge is -2.30. The minimum atomic E-state index is 0.628. The smallest absolute Gasteiger partial charge is 0.228 e. The van der Waals surface area contributed by atoms with E-state index in [-0.39, 0.29) is 0 Å². The lowest BCUT2D eigenvalue weighted by Crippen LogP contribution is -2.37. The monoisotopic (exact) mass is 275 g/mol. The molecule has 3 aliphatic rings. The first-order chi connectivity index (χ1) is 9.40. The van der Waals surface area contributed by atoms with Crippen molar-refractivity contribution in [1.82, 2.24) is 10.1 Å². The third-order valence-corrected chi connectivity index (χ3v) is 5.10. The predicted octanol–water partition coefficient (Wildman–Crippen LogP) is 2.69. The van der Waals surface area contributed by atoms with Crippen molar-refractivity contribution in [3.63, 3.8) is 0 Å². The van der Waals surface area contributed by atoms with Crippen molar-refractivity contribution >= 4 is 17.2 Å². The normalized spacial score (nSPS) is 26.6. The summed E-state index contributed by atoms with van der Waals surface area (Å²) in [6, 6.07) is 6.86. The van der Waals surface area contributed by atoms with Gasteiger partial charge in [0.2, 0.25) is 5.88 Å². The molecule has 2 aromatic heterocycles. The van der Waals surface area contributed by atoms with E-state index in [0.717, 1.165) is 24.7 Å². The Kier molecular flexibility index (Phi) is 2.81. The van der Waals surface area contributed by atoms with Crippen molar-refractivity contribution in [2.24, 2.45) is 0 Å². The summed E-state index contributed by atoms with van der Waals surface area (Å²) in [4.78, 5) is 6.14. The van der Waals surface area contributed by atoms with E-state index in [9.17, 15) is 0 Å². The highest BCUT2D eigenvalue weighted by molar-refractivity contribution is 7.13. The fraction of sp³-hybridized carbons (Fsp3) is 0.500. The molecule has 0 radical (unpaired) electrons. The maximum absolute atomic E-state index is 5.60. The second-order valence-corrected chi connectivity index (χ2v) is 6.24. The van der Waals surface area contributed by atoms with Gasteiger partial charge in [0.05, 0.1) is 4.88 Å². The maximum atomic E-state index is 5.60. The van der Waals surface area contributed by atoms with E-state index in [1.54, 1.807) is 11.3 Å². The Labute approximate surface area is 116 Å². The Morgan fingerprint density at radius 3 is 2.89 bits per heavy atom. The van der Waals surface area contributed by atoms with Gasteiger partial charge in [-0.3, -0.25) is 0 Å². The first-order valence-corrected chi connectivity index (χ1v) is 7.78. The highest BCUT2D eigenvalue weighted by atomic mass is 32.1. The minimum absolute atomic E-state index is 0.628.